The first-order chi connectivity index (χ1) is 12.7. The van der Waals surface area contributed by atoms with Gasteiger partial charge in [-0.25, -0.2) is 4.98 Å². The zero-order chi connectivity index (χ0) is 18.4. The van der Waals surface area contributed by atoms with E-state index in [4.69, 9.17) is 10.00 Å². The zero-order valence-corrected chi connectivity index (χ0v) is 14.7. The van der Waals surface area contributed by atoms with E-state index in [0.29, 0.717) is 22.2 Å². The number of thioether (sulfide) groups is 1. The SMILES string of the molecule is COc1ccc(-c2nc(SCC(=O)Nc3ccccc3C#N)n[nH]2)cc1. The van der Waals surface area contributed by atoms with Gasteiger partial charge in [-0.15, -0.1) is 5.10 Å². The second-order valence-corrected chi connectivity index (χ2v) is 6.13. The van der Waals surface area contributed by atoms with E-state index in [2.05, 4.69) is 20.5 Å². The quantitative estimate of drug-likeness (QED) is 0.651. The molecule has 0 bridgehead atoms. The molecule has 2 N–H and O–H groups in total. The number of carbonyl (C=O) groups excluding carboxylic acids is 1. The maximum atomic E-state index is 12.1. The zero-order valence-electron chi connectivity index (χ0n) is 13.9. The summed E-state index contributed by atoms with van der Waals surface area (Å²) in [6, 6.07) is 16.3. The average molecular weight is 365 g/mol. The van der Waals surface area contributed by atoms with Crippen LogP contribution >= 0.6 is 11.8 Å². The van der Waals surface area contributed by atoms with Crippen LogP contribution in [0.1, 0.15) is 5.56 Å². The van der Waals surface area contributed by atoms with Crippen LogP contribution in [-0.4, -0.2) is 34.0 Å². The van der Waals surface area contributed by atoms with Gasteiger partial charge in [0.1, 0.15) is 11.8 Å². The summed E-state index contributed by atoms with van der Waals surface area (Å²) >= 11 is 1.21. The predicted octanol–water partition coefficient (Wildman–Crippen LogP) is 3.08. The molecule has 1 aromatic heterocycles. The van der Waals surface area contributed by atoms with Crippen molar-refractivity contribution in [2.24, 2.45) is 0 Å². The summed E-state index contributed by atoms with van der Waals surface area (Å²) in [5.41, 5.74) is 1.79. The second-order valence-electron chi connectivity index (χ2n) is 5.19. The molecule has 0 saturated heterocycles. The minimum atomic E-state index is -0.228. The van der Waals surface area contributed by atoms with Gasteiger partial charge in [0.15, 0.2) is 5.82 Å². The van der Waals surface area contributed by atoms with E-state index in [-0.39, 0.29) is 11.7 Å². The highest BCUT2D eigenvalue weighted by Gasteiger charge is 2.10. The Hall–Kier alpha value is -3.31. The standard InChI is InChI=1S/C18H15N5O2S/c1-25-14-8-6-12(7-9-14)17-21-18(23-22-17)26-11-16(24)20-15-5-3-2-4-13(15)10-19/h2-9H,11H2,1H3,(H,20,24)(H,21,22,23). The number of aromatic nitrogens is 3. The highest BCUT2D eigenvalue weighted by molar-refractivity contribution is 7.99. The van der Waals surface area contributed by atoms with Crippen molar-refractivity contribution in [2.45, 2.75) is 5.16 Å². The lowest BCUT2D eigenvalue weighted by atomic mass is 10.2. The van der Waals surface area contributed by atoms with Gasteiger partial charge in [-0.05, 0) is 36.4 Å². The number of nitrogens with one attached hydrogen (secondary N) is 2. The smallest absolute Gasteiger partial charge is 0.234 e. The van der Waals surface area contributed by atoms with Gasteiger partial charge in [0.2, 0.25) is 11.1 Å². The van der Waals surface area contributed by atoms with Gasteiger partial charge in [0, 0.05) is 5.56 Å². The molecule has 1 amide bonds. The number of nitrogens with zero attached hydrogens (tertiary/aromatic N) is 3. The molecule has 130 valence electrons. The first-order valence-corrected chi connectivity index (χ1v) is 8.67. The van der Waals surface area contributed by atoms with E-state index >= 15 is 0 Å². The molecule has 0 atom stereocenters. The van der Waals surface area contributed by atoms with E-state index < -0.39 is 0 Å². The summed E-state index contributed by atoms with van der Waals surface area (Å²) in [7, 11) is 1.61. The largest absolute Gasteiger partial charge is 0.497 e. The van der Waals surface area contributed by atoms with Gasteiger partial charge in [0.25, 0.3) is 0 Å². The number of anilines is 1. The Balaban J connectivity index is 1.59. The molecule has 7 nitrogen and oxygen atoms in total. The molecule has 3 aromatic rings. The molecule has 0 aliphatic carbocycles. The molecule has 0 spiro atoms. The lowest BCUT2D eigenvalue weighted by Crippen LogP contribution is -2.15. The molecule has 0 unspecified atom stereocenters. The van der Waals surface area contributed by atoms with Crippen molar-refractivity contribution in [3.05, 3.63) is 54.1 Å². The fourth-order valence-electron chi connectivity index (χ4n) is 2.19. The maximum absolute atomic E-state index is 12.1. The molecule has 0 aliphatic rings. The summed E-state index contributed by atoms with van der Waals surface area (Å²) in [5.74, 6) is 1.29. The van der Waals surface area contributed by atoms with Crippen molar-refractivity contribution in [1.29, 1.82) is 5.26 Å². The highest BCUT2D eigenvalue weighted by Crippen LogP contribution is 2.22. The Morgan fingerprint density at radius 2 is 2.04 bits per heavy atom. The van der Waals surface area contributed by atoms with E-state index in [1.807, 2.05) is 30.3 Å². The lowest BCUT2D eigenvalue weighted by Gasteiger charge is -2.05. The summed E-state index contributed by atoms with van der Waals surface area (Å²) < 4.78 is 5.13. The fraction of sp³-hybridized carbons (Fsp3) is 0.111. The first-order valence-electron chi connectivity index (χ1n) is 7.68. The summed E-state index contributed by atoms with van der Waals surface area (Å²) in [5, 5.41) is 19.2. The van der Waals surface area contributed by atoms with Crippen LogP contribution in [0.25, 0.3) is 11.4 Å². The number of para-hydroxylation sites is 1. The Bertz CT molecular complexity index is 947. The number of benzene rings is 2. The number of amides is 1. The van der Waals surface area contributed by atoms with Crippen LogP contribution in [0, 0.1) is 11.3 Å². The average Bonchev–Trinajstić information content (AvgIpc) is 3.16. The third-order valence-corrected chi connectivity index (χ3v) is 4.33. The van der Waals surface area contributed by atoms with E-state index in [1.54, 1.807) is 31.4 Å². The minimum absolute atomic E-state index is 0.139. The number of aromatic amines is 1. The van der Waals surface area contributed by atoms with Gasteiger partial charge < -0.3 is 10.1 Å². The molecule has 0 radical (unpaired) electrons. The third-order valence-electron chi connectivity index (χ3n) is 3.48. The third kappa shape index (κ3) is 4.20. The van der Waals surface area contributed by atoms with Gasteiger partial charge in [0.05, 0.1) is 24.1 Å². The van der Waals surface area contributed by atoms with Crippen LogP contribution in [-0.2, 0) is 4.79 Å². The number of carbonyl (C=O) groups is 1. The Kier molecular flexibility index (Phi) is 5.51. The van der Waals surface area contributed by atoms with Gasteiger partial charge >= 0.3 is 0 Å². The van der Waals surface area contributed by atoms with Crippen molar-refractivity contribution in [1.82, 2.24) is 15.2 Å². The second kappa shape index (κ2) is 8.18. The summed E-state index contributed by atoms with van der Waals surface area (Å²) in [6.45, 7) is 0. The molecular weight excluding hydrogens is 350 g/mol. The molecule has 0 aliphatic heterocycles. The molecule has 26 heavy (non-hydrogen) atoms. The molecule has 1 heterocycles. The summed E-state index contributed by atoms with van der Waals surface area (Å²) in [4.78, 5) is 16.5. The topological polar surface area (TPSA) is 104 Å². The molecular formula is C18H15N5O2S. The van der Waals surface area contributed by atoms with Crippen LogP contribution in [0.5, 0.6) is 5.75 Å². The van der Waals surface area contributed by atoms with Crippen LogP contribution in [0.2, 0.25) is 0 Å². The van der Waals surface area contributed by atoms with Crippen LogP contribution < -0.4 is 10.1 Å². The monoisotopic (exact) mass is 365 g/mol. The fourth-order valence-corrected chi connectivity index (χ4v) is 2.79. The molecule has 0 saturated carbocycles. The van der Waals surface area contributed by atoms with Gasteiger partial charge in [-0.1, -0.05) is 23.9 Å². The molecule has 0 fully saturated rings. The molecule has 8 heteroatoms. The Labute approximate surface area is 154 Å². The maximum Gasteiger partial charge on any atom is 0.234 e. The number of H-pyrrole nitrogens is 1. The number of nitriles is 1. The number of hydrogen-bond donors (Lipinski definition) is 2. The first kappa shape index (κ1) is 17.5. The summed E-state index contributed by atoms with van der Waals surface area (Å²) in [6.07, 6.45) is 0. The molecule has 3 rings (SSSR count). The number of rotatable bonds is 6. The van der Waals surface area contributed by atoms with Crippen molar-refractivity contribution in [2.75, 3.05) is 18.2 Å². The Morgan fingerprint density at radius 3 is 2.77 bits per heavy atom. The highest BCUT2D eigenvalue weighted by atomic mass is 32.2. The van der Waals surface area contributed by atoms with Gasteiger partial charge in [-0.3, -0.25) is 9.89 Å². The normalized spacial score (nSPS) is 10.2. The number of ether oxygens (including phenoxy) is 1. The van der Waals surface area contributed by atoms with Crippen molar-refractivity contribution in [3.8, 4) is 23.2 Å². The predicted molar refractivity (Wildman–Crippen MR) is 98.9 cm³/mol. The molecule has 2 aromatic carbocycles. The van der Waals surface area contributed by atoms with Crippen LogP contribution in [0.3, 0.4) is 0 Å². The number of methoxy groups -OCH3 is 1. The van der Waals surface area contributed by atoms with Crippen molar-refractivity contribution >= 4 is 23.4 Å². The lowest BCUT2D eigenvalue weighted by molar-refractivity contribution is -0.113. The van der Waals surface area contributed by atoms with Crippen molar-refractivity contribution < 1.29 is 9.53 Å². The van der Waals surface area contributed by atoms with Crippen LogP contribution in [0.4, 0.5) is 5.69 Å². The minimum Gasteiger partial charge on any atom is -0.497 e. The van der Waals surface area contributed by atoms with E-state index in [9.17, 15) is 4.79 Å². The van der Waals surface area contributed by atoms with Crippen LogP contribution in [0.15, 0.2) is 53.7 Å². The van der Waals surface area contributed by atoms with Gasteiger partial charge in [-0.2, -0.15) is 5.26 Å². The van der Waals surface area contributed by atoms with Crippen molar-refractivity contribution in [3.63, 3.8) is 0 Å². The van der Waals surface area contributed by atoms with E-state index in [1.165, 1.54) is 11.8 Å². The number of hydrogen-bond acceptors (Lipinski definition) is 6. The Morgan fingerprint density at radius 1 is 1.27 bits per heavy atom. The van der Waals surface area contributed by atoms with E-state index in [0.717, 1.165) is 11.3 Å².